The lowest BCUT2D eigenvalue weighted by atomic mass is 10.1. The van der Waals surface area contributed by atoms with Gasteiger partial charge in [0.15, 0.2) is 0 Å². The predicted octanol–water partition coefficient (Wildman–Crippen LogP) is 0.733. The van der Waals surface area contributed by atoms with Crippen molar-refractivity contribution in [3.8, 4) is 0 Å². The molecule has 2 amide bonds. The van der Waals surface area contributed by atoms with E-state index in [2.05, 4.69) is 15.4 Å². The van der Waals surface area contributed by atoms with Crippen LogP contribution in [0.4, 0.5) is 5.69 Å². The fourth-order valence-corrected chi connectivity index (χ4v) is 3.62. The maximum atomic E-state index is 12.9. The third kappa shape index (κ3) is 3.73. The van der Waals surface area contributed by atoms with Crippen LogP contribution in [0.2, 0.25) is 0 Å². The summed E-state index contributed by atoms with van der Waals surface area (Å²) in [5, 5.41) is 6.97. The van der Waals surface area contributed by atoms with E-state index in [1.54, 1.807) is 24.8 Å². The molecule has 0 saturated carbocycles. The predicted molar refractivity (Wildman–Crippen MR) is 110 cm³/mol. The lowest BCUT2D eigenvalue weighted by molar-refractivity contribution is -0.120. The van der Waals surface area contributed by atoms with Crippen LogP contribution in [-0.2, 0) is 24.8 Å². The van der Waals surface area contributed by atoms with Crippen molar-refractivity contribution in [3.05, 3.63) is 76.2 Å². The molecule has 0 radical (unpaired) electrons. The molecule has 9 heteroatoms. The Morgan fingerprint density at radius 1 is 1.13 bits per heavy atom. The molecule has 1 atom stereocenters. The number of nitrogens with zero attached hydrogens (tertiary/aromatic N) is 5. The maximum Gasteiger partial charge on any atom is 0.291 e. The van der Waals surface area contributed by atoms with Crippen LogP contribution in [0.25, 0.3) is 0 Å². The molecule has 154 valence electrons. The molecule has 4 rings (SSSR count). The molecule has 3 aromatic rings. The van der Waals surface area contributed by atoms with Crippen LogP contribution < -0.4 is 15.8 Å². The molecule has 1 aliphatic rings. The first kappa shape index (κ1) is 19.6. The molecular formula is C21H22N6O3. The monoisotopic (exact) mass is 406 g/mol. The summed E-state index contributed by atoms with van der Waals surface area (Å²) in [6.45, 7) is 0.496. The van der Waals surface area contributed by atoms with Crippen LogP contribution in [0.3, 0.4) is 0 Å². The molecule has 2 aromatic heterocycles. The second kappa shape index (κ2) is 7.94. The van der Waals surface area contributed by atoms with Crippen molar-refractivity contribution in [1.82, 2.24) is 24.6 Å². The van der Waals surface area contributed by atoms with Crippen molar-refractivity contribution in [3.63, 3.8) is 0 Å². The summed E-state index contributed by atoms with van der Waals surface area (Å²) in [5.74, 6) is -0.742. The smallest absolute Gasteiger partial charge is 0.291 e. The average Bonchev–Trinajstić information content (AvgIpc) is 3.17. The van der Waals surface area contributed by atoms with Crippen LogP contribution >= 0.6 is 0 Å². The molecule has 30 heavy (non-hydrogen) atoms. The van der Waals surface area contributed by atoms with E-state index in [9.17, 15) is 14.4 Å². The molecule has 0 aliphatic carbocycles. The second-order valence-electron chi connectivity index (χ2n) is 7.28. The zero-order valence-electron chi connectivity index (χ0n) is 16.8. The van der Waals surface area contributed by atoms with Gasteiger partial charge < -0.3 is 14.8 Å². The molecule has 9 nitrogen and oxygen atoms in total. The Labute approximate surface area is 173 Å². The molecule has 0 bridgehead atoms. The van der Waals surface area contributed by atoms with Gasteiger partial charge in [-0.15, -0.1) is 5.10 Å². The molecule has 1 aliphatic heterocycles. The third-order valence-corrected chi connectivity index (χ3v) is 5.31. The van der Waals surface area contributed by atoms with Gasteiger partial charge in [-0.1, -0.05) is 30.3 Å². The molecular weight excluding hydrogens is 384 g/mol. The van der Waals surface area contributed by atoms with Crippen molar-refractivity contribution in [1.29, 1.82) is 0 Å². The first-order chi connectivity index (χ1) is 14.4. The molecule has 3 heterocycles. The summed E-state index contributed by atoms with van der Waals surface area (Å²) >= 11 is 0. The first-order valence-corrected chi connectivity index (χ1v) is 9.65. The number of aromatic nitrogens is 4. The molecule has 1 aromatic carbocycles. The number of carbonyl (C=O) groups is 2. The summed E-state index contributed by atoms with van der Waals surface area (Å²) in [6.07, 6.45) is 2.36. The molecule has 0 unspecified atom stereocenters. The highest BCUT2D eigenvalue weighted by Gasteiger charge is 2.31. The van der Waals surface area contributed by atoms with Gasteiger partial charge in [0.2, 0.25) is 11.7 Å². The lowest BCUT2D eigenvalue weighted by Crippen LogP contribution is -2.47. The second-order valence-corrected chi connectivity index (χ2v) is 7.28. The van der Waals surface area contributed by atoms with Crippen LogP contribution in [0.1, 0.15) is 28.3 Å². The number of pyridine rings is 1. The van der Waals surface area contributed by atoms with E-state index in [4.69, 9.17) is 0 Å². The largest absolute Gasteiger partial charge is 0.337 e. The zero-order valence-corrected chi connectivity index (χ0v) is 16.8. The van der Waals surface area contributed by atoms with Gasteiger partial charge in [-0.05, 0) is 24.5 Å². The quantitative estimate of drug-likeness (QED) is 0.688. The van der Waals surface area contributed by atoms with Gasteiger partial charge in [0.05, 0.1) is 12.2 Å². The highest BCUT2D eigenvalue weighted by Crippen LogP contribution is 2.24. The Kier molecular flexibility index (Phi) is 5.18. The van der Waals surface area contributed by atoms with E-state index in [1.165, 1.54) is 21.9 Å². The summed E-state index contributed by atoms with van der Waals surface area (Å²) in [4.78, 5) is 43.1. The number of benzene rings is 1. The van der Waals surface area contributed by atoms with Crippen LogP contribution in [0, 0.1) is 0 Å². The van der Waals surface area contributed by atoms with Crippen LogP contribution in [-0.4, -0.2) is 44.2 Å². The highest BCUT2D eigenvalue weighted by molar-refractivity contribution is 6.01. The fraction of sp³-hybridized carbons (Fsp3) is 0.286. The Bertz CT molecular complexity index is 1150. The van der Waals surface area contributed by atoms with E-state index in [-0.39, 0.29) is 17.3 Å². The fourth-order valence-electron chi connectivity index (χ4n) is 3.62. The Hall–Kier alpha value is -3.75. The number of amides is 2. The Balaban J connectivity index is 1.48. The number of hydrogen-bond donors (Lipinski definition) is 1. The maximum absolute atomic E-state index is 12.9. The Morgan fingerprint density at radius 3 is 2.67 bits per heavy atom. The minimum atomic E-state index is -0.730. The number of hydrogen-bond acceptors (Lipinski definition) is 5. The van der Waals surface area contributed by atoms with Crippen molar-refractivity contribution >= 4 is 17.5 Å². The van der Waals surface area contributed by atoms with Crippen LogP contribution in [0.15, 0.2) is 53.6 Å². The molecule has 0 spiro atoms. The summed E-state index contributed by atoms with van der Waals surface area (Å²) < 4.78 is 3.12. The highest BCUT2D eigenvalue weighted by atomic mass is 16.2. The van der Waals surface area contributed by atoms with E-state index in [0.29, 0.717) is 25.1 Å². The van der Waals surface area contributed by atoms with Gasteiger partial charge in [0.25, 0.3) is 11.5 Å². The molecule has 0 fully saturated rings. The third-order valence-electron chi connectivity index (χ3n) is 5.31. The van der Waals surface area contributed by atoms with Gasteiger partial charge >= 0.3 is 0 Å². The van der Waals surface area contributed by atoms with E-state index >= 15 is 0 Å². The zero-order chi connectivity index (χ0) is 21.3. The topological polar surface area (TPSA) is 102 Å². The summed E-state index contributed by atoms with van der Waals surface area (Å²) in [5.41, 5.74) is 2.34. The Morgan fingerprint density at radius 2 is 1.90 bits per heavy atom. The summed E-state index contributed by atoms with van der Waals surface area (Å²) in [6, 6.07) is 12.1. The van der Waals surface area contributed by atoms with Crippen LogP contribution in [0.5, 0.6) is 0 Å². The number of likely N-dealkylation sites (N-methyl/N-ethyl adjacent to an activating group) is 1. The van der Waals surface area contributed by atoms with Gasteiger partial charge in [0.1, 0.15) is 12.4 Å². The summed E-state index contributed by atoms with van der Waals surface area (Å²) in [7, 11) is 3.32. The number of carbonyl (C=O) groups excluding carboxylic acids is 2. The standard InChI is InChI=1S/C21H22N6O3/c1-25-16-9-8-15(21(30)26(2)17(16)10-11-18(25)28)23-20(29)19-22-13-27(24-19)12-14-6-4-3-5-7-14/h3-7,10-11,13,15H,8-9,12H2,1-2H3,(H,23,29)/t15-/m0/s1. The minimum absolute atomic E-state index is 0.00976. The van der Waals surface area contributed by atoms with Gasteiger partial charge in [-0.2, -0.15) is 0 Å². The normalized spacial score (nSPS) is 16.1. The van der Waals surface area contributed by atoms with Crippen molar-refractivity contribution in [2.75, 3.05) is 11.9 Å². The van der Waals surface area contributed by atoms with E-state index < -0.39 is 11.9 Å². The number of rotatable bonds is 4. The lowest BCUT2D eigenvalue weighted by Gasteiger charge is -2.22. The number of nitrogens with one attached hydrogen (secondary N) is 1. The van der Waals surface area contributed by atoms with Crippen molar-refractivity contribution in [2.24, 2.45) is 7.05 Å². The number of anilines is 1. The minimum Gasteiger partial charge on any atom is -0.337 e. The van der Waals surface area contributed by atoms with Gasteiger partial charge in [-0.25, -0.2) is 9.67 Å². The van der Waals surface area contributed by atoms with Crippen molar-refractivity contribution in [2.45, 2.75) is 25.4 Å². The van der Waals surface area contributed by atoms with E-state index in [0.717, 1.165) is 11.3 Å². The first-order valence-electron chi connectivity index (χ1n) is 9.65. The molecule has 0 saturated heterocycles. The average molecular weight is 406 g/mol. The van der Waals surface area contributed by atoms with Crippen molar-refractivity contribution < 1.29 is 9.59 Å². The van der Waals surface area contributed by atoms with E-state index in [1.807, 2.05) is 30.3 Å². The molecule has 1 N–H and O–H groups in total. The SMILES string of the molecule is CN1C(=O)[C@@H](NC(=O)c2ncn(Cc3ccccc3)n2)CCc2c1ccc(=O)n2C. The van der Waals surface area contributed by atoms with Gasteiger partial charge in [-0.3, -0.25) is 14.4 Å². The number of fused-ring (bicyclic) bond motifs is 1. The van der Waals surface area contributed by atoms with Gasteiger partial charge in [0, 0.05) is 25.9 Å².